The minimum absolute atomic E-state index is 0.0781. The van der Waals surface area contributed by atoms with E-state index >= 15 is 0 Å². The fourth-order valence-corrected chi connectivity index (χ4v) is 3.22. The molecule has 9 heteroatoms. The molecule has 0 saturated carbocycles. The highest BCUT2D eigenvalue weighted by Gasteiger charge is 2.44. The largest absolute Gasteiger partial charge is 0.507 e. The number of carbonyl (C=O) groups excluding carboxylic acids is 1. The first-order valence-corrected chi connectivity index (χ1v) is 8.30. The minimum Gasteiger partial charge on any atom is -0.507 e. The van der Waals surface area contributed by atoms with Gasteiger partial charge >= 0.3 is 5.97 Å². The molecule has 6 atom stereocenters. The number of esters is 1. The highest BCUT2D eigenvalue weighted by atomic mass is 16.7. The van der Waals surface area contributed by atoms with Crippen LogP contribution in [0.4, 0.5) is 0 Å². The number of phenolic OH excluding ortho intramolecular Hbond substituents is 1. The van der Waals surface area contributed by atoms with E-state index in [4.69, 9.17) is 14.2 Å². The smallest absolute Gasteiger partial charge is 0.342 e. The van der Waals surface area contributed by atoms with Gasteiger partial charge in [-0.2, -0.15) is 0 Å². The molecule has 2 aliphatic rings. The summed E-state index contributed by atoms with van der Waals surface area (Å²) in [5.74, 6) is -0.806. The molecule has 9 nitrogen and oxygen atoms in total. The van der Waals surface area contributed by atoms with Crippen LogP contribution in [0.15, 0.2) is 12.1 Å². The van der Waals surface area contributed by atoms with E-state index in [-0.39, 0.29) is 24.0 Å². The van der Waals surface area contributed by atoms with E-state index in [1.165, 1.54) is 6.07 Å². The van der Waals surface area contributed by atoms with Crippen molar-refractivity contribution in [1.82, 2.24) is 0 Å². The maximum atomic E-state index is 12.0. The average molecular weight is 370 g/mol. The summed E-state index contributed by atoms with van der Waals surface area (Å²) in [7, 11) is 0. The highest BCUT2D eigenvalue weighted by Crippen LogP contribution is 2.32. The molecule has 0 unspecified atom stereocenters. The van der Waals surface area contributed by atoms with E-state index in [0.29, 0.717) is 17.5 Å². The van der Waals surface area contributed by atoms with Gasteiger partial charge in [-0.3, -0.25) is 0 Å². The van der Waals surface area contributed by atoms with Crippen LogP contribution in [0.3, 0.4) is 0 Å². The number of fused-ring (bicyclic) bond motifs is 1. The lowest BCUT2D eigenvalue weighted by Gasteiger charge is -2.39. The van der Waals surface area contributed by atoms with E-state index in [1.54, 1.807) is 13.0 Å². The van der Waals surface area contributed by atoms with Gasteiger partial charge in [0.25, 0.3) is 0 Å². The van der Waals surface area contributed by atoms with Gasteiger partial charge in [0.1, 0.15) is 41.8 Å². The topological polar surface area (TPSA) is 146 Å². The Bertz CT molecular complexity index is 674. The number of aliphatic hydroxyl groups is 4. The van der Waals surface area contributed by atoms with Crippen LogP contribution < -0.4 is 0 Å². The quantitative estimate of drug-likeness (QED) is 0.413. The van der Waals surface area contributed by atoms with Crippen LogP contribution in [0.2, 0.25) is 0 Å². The summed E-state index contributed by atoms with van der Waals surface area (Å²) in [6.45, 7) is 1.10. The molecule has 144 valence electrons. The van der Waals surface area contributed by atoms with Crippen molar-refractivity contribution in [2.75, 3.05) is 6.61 Å². The SMILES string of the molecule is C[C@H]1Cc2c(CO[C@H]3O[C@@H](CO)[C@@H](O)[C@@H](O)[C@H]3O)ccc(O)c2C(=O)O1. The van der Waals surface area contributed by atoms with Crippen LogP contribution in [0.5, 0.6) is 5.75 Å². The second-order valence-electron chi connectivity index (χ2n) is 6.53. The zero-order valence-electron chi connectivity index (χ0n) is 14.1. The summed E-state index contributed by atoms with van der Waals surface area (Å²) >= 11 is 0. The zero-order chi connectivity index (χ0) is 19.0. The standard InChI is InChI=1S/C17H22O9/c1-7-4-9-8(2-3-10(19)12(9)16(23)25-7)6-24-17-15(22)14(21)13(20)11(5-18)26-17/h2-3,7,11,13-15,17-22H,4-6H2,1H3/t7-,11-,13+,14+,15+,17-/m0/s1. The molecule has 3 rings (SSSR count). The number of hydrogen-bond acceptors (Lipinski definition) is 9. The fourth-order valence-electron chi connectivity index (χ4n) is 3.22. The Morgan fingerprint density at radius 1 is 1.19 bits per heavy atom. The van der Waals surface area contributed by atoms with Gasteiger partial charge in [0.15, 0.2) is 6.29 Å². The van der Waals surface area contributed by atoms with Crippen molar-refractivity contribution in [1.29, 1.82) is 0 Å². The van der Waals surface area contributed by atoms with Crippen molar-refractivity contribution < 1.29 is 44.5 Å². The molecule has 0 bridgehead atoms. The van der Waals surface area contributed by atoms with Crippen LogP contribution >= 0.6 is 0 Å². The molecule has 2 aliphatic heterocycles. The van der Waals surface area contributed by atoms with Gasteiger partial charge in [-0.25, -0.2) is 4.79 Å². The molecule has 5 N–H and O–H groups in total. The molecule has 0 radical (unpaired) electrons. The number of ether oxygens (including phenoxy) is 3. The van der Waals surface area contributed by atoms with Crippen LogP contribution in [-0.4, -0.2) is 74.9 Å². The fraction of sp³-hybridized carbons (Fsp3) is 0.588. The lowest BCUT2D eigenvalue weighted by atomic mass is 9.93. The first-order chi connectivity index (χ1) is 12.3. The third kappa shape index (κ3) is 3.41. The van der Waals surface area contributed by atoms with Crippen molar-refractivity contribution >= 4 is 5.97 Å². The van der Waals surface area contributed by atoms with Crippen molar-refractivity contribution in [3.8, 4) is 5.75 Å². The monoisotopic (exact) mass is 370 g/mol. The highest BCUT2D eigenvalue weighted by molar-refractivity contribution is 5.95. The summed E-state index contributed by atoms with van der Waals surface area (Å²) in [6.07, 6.45) is -6.82. The predicted molar refractivity (Wildman–Crippen MR) is 85.2 cm³/mol. The van der Waals surface area contributed by atoms with Gasteiger partial charge in [-0.05, 0) is 24.1 Å². The molecule has 1 aromatic carbocycles. The molecule has 0 spiro atoms. The lowest BCUT2D eigenvalue weighted by molar-refractivity contribution is -0.304. The second-order valence-corrected chi connectivity index (χ2v) is 6.53. The number of aromatic hydroxyl groups is 1. The van der Waals surface area contributed by atoms with E-state index in [1.807, 2.05) is 0 Å². The van der Waals surface area contributed by atoms with Crippen LogP contribution in [-0.2, 0) is 27.2 Å². The number of cyclic esters (lactones) is 1. The molecule has 1 aromatic rings. The molecule has 0 amide bonds. The second kappa shape index (κ2) is 7.47. The third-order valence-electron chi connectivity index (χ3n) is 4.64. The van der Waals surface area contributed by atoms with Gasteiger partial charge in [-0.1, -0.05) is 6.07 Å². The van der Waals surface area contributed by atoms with Crippen molar-refractivity contribution in [2.45, 2.75) is 56.8 Å². The predicted octanol–water partition coefficient (Wildman–Crippen LogP) is -1.19. The number of benzene rings is 1. The summed E-state index contributed by atoms with van der Waals surface area (Å²) in [5, 5.41) is 48.7. The third-order valence-corrected chi connectivity index (χ3v) is 4.64. The first kappa shape index (κ1) is 19.0. The molecule has 1 saturated heterocycles. The van der Waals surface area contributed by atoms with E-state index in [0.717, 1.165) is 0 Å². The van der Waals surface area contributed by atoms with E-state index in [2.05, 4.69) is 0 Å². The Balaban J connectivity index is 1.78. The summed E-state index contributed by atoms with van der Waals surface area (Å²) in [5.41, 5.74) is 1.26. The normalized spacial score (nSPS) is 34.3. The van der Waals surface area contributed by atoms with Crippen LogP contribution in [0.1, 0.15) is 28.4 Å². The number of phenols is 1. The number of hydrogen-bond donors (Lipinski definition) is 5. The molecule has 0 aliphatic carbocycles. The van der Waals surface area contributed by atoms with Crippen molar-refractivity contribution in [2.24, 2.45) is 0 Å². The average Bonchev–Trinajstić information content (AvgIpc) is 2.60. The number of rotatable bonds is 4. The Kier molecular flexibility index (Phi) is 5.47. The summed E-state index contributed by atoms with van der Waals surface area (Å²) < 4.78 is 15.9. The molecular weight excluding hydrogens is 348 g/mol. The molecule has 26 heavy (non-hydrogen) atoms. The number of carbonyl (C=O) groups is 1. The maximum absolute atomic E-state index is 12.0. The number of aliphatic hydroxyl groups excluding tert-OH is 4. The van der Waals surface area contributed by atoms with Gasteiger partial charge in [-0.15, -0.1) is 0 Å². The van der Waals surface area contributed by atoms with E-state index in [9.17, 15) is 30.3 Å². The Morgan fingerprint density at radius 3 is 2.62 bits per heavy atom. The van der Waals surface area contributed by atoms with Gasteiger partial charge in [0.2, 0.25) is 0 Å². The van der Waals surface area contributed by atoms with Gasteiger partial charge < -0.3 is 39.7 Å². The molecular formula is C17H22O9. The van der Waals surface area contributed by atoms with Crippen molar-refractivity contribution in [3.63, 3.8) is 0 Å². The van der Waals surface area contributed by atoms with Crippen LogP contribution in [0, 0.1) is 0 Å². The molecule has 2 heterocycles. The van der Waals surface area contributed by atoms with Crippen LogP contribution in [0.25, 0.3) is 0 Å². The Labute approximate surface area is 149 Å². The van der Waals surface area contributed by atoms with E-state index < -0.39 is 43.3 Å². The Morgan fingerprint density at radius 2 is 1.92 bits per heavy atom. The summed E-state index contributed by atoms with van der Waals surface area (Å²) in [6, 6.07) is 2.94. The van der Waals surface area contributed by atoms with Crippen molar-refractivity contribution in [3.05, 3.63) is 28.8 Å². The lowest BCUT2D eigenvalue weighted by Crippen LogP contribution is -2.59. The molecule has 1 fully saturated rings. The first-order valence-electron chi connectivity index (χ1n) is 8.30. The van der Waals surface area contributed by atoms with Gasteiger partial charge in [0, 0.05) is 6.42 Å². The Hall–Kier alpha value is -1.75. The van der Waals surface area contributed by atoms with Gasteiger partial charge in [0.05, 0.1) is 13.2 Å². The minimum atomic E-state index is -1.53. The molecule has 0 aromatic heterocycles. The zero-order valence-corrected chi connectivity index (χ0v) is 14.1. The summed E-state index contributed by atoms with van der Waals surface area (Å²) in [4.78, 5) is 12.0. The maximum Gasteiger partial charge on any atom is 0.342 e.